The second kappa shape index (κ2) is 9.72. The van der Waals surface area contributed by atoms with Crippen molar-refractivity contribution in [1.29, 1.82) is 0 Å². The van der Waals surface area contributed by atoms with Gasteiger partial charge >= 0.3 is 0 Å². The predicted octanol–water partition coefficient (Wildman–Crippen LogP) is 5.05. The van der Waals surface area contributed by atoms with Crippen molar-refractivity contribution in [3.8, 4) is 0 Å². The first kappa shape index (κ1) is 22.8. The number of aryl methyl sites for hydroxylation is 2. The summed E-state index contributed by atoms with van der Waals surface area (Å²) in [6.45, 7) is 6.09. The van der Waals surface area contributed by atoms with Gasteiger partial charge in [-0.1, -0.05) is 30.0 Å². The highest BCUT2D eigenvalue weighted by atomic mass is 32.2. The maximum Gasteiger partial charge on any atom is 0.263 e. The molecule has 8 heteroatoms. The lowest BCUT2D eigenvalue weighted by Gasteiger charge is -2.15. The quantitative estimate of drug-likeness (QED) is 0.280. The number of carbonyl (C=O) groups is 1. The second-order valence-electron chi connectivity index (χ2n) is 8.56. The van der Waals surface area contributed by atoms with E-state index in [1.54, 1.807) is 22.1 Å². The van der Waals surface area contributed by atoms with Gasteiger partial charge in [0.2, 0.25) is 0 Å². The standard InChI is InChI=1S/C26H26N4O2S2/c1-17-18(2)34-23-22(17)25(32)30(15-21-7-3-4-12-27-21)26(28-23)33-16-19-8-10-20(11-9-19)24(31)29-13-5-6-14-29/h3-4,7-12H,5-6,13-16H2,1-2H3. The highest BCUT2D eigenvalue weighted by Gasteiger charge is 2.20. The van der Waals surface area contributed by atoms with Crippen LogP contribution in [0.1, 0.15) is 44.9 Å². The fourth-order valence-electron chi connectivity index (χ4n) is 4.21. The maximum absolute atomic E-state index is 13.5. The molecule has 1 amide bonds. The van der Waals surface area contributed by atoms with E-state index in [4.69, 9.17) is 4.98 Å². The number of amides is 1. The van der Waals surface area contributed by atoms with Gasteiger partial charge in [0.25, 0.3) is 11.5 Å². The summed E-state index contributed by atoms with van der Waals surface area (Å²) in [5, 5.41) is 1.38. The number of hydrogen-bond acceptors (Lipinski definition) is 6. The van der Waals surface area contributed by atoms with E-state index in [1.165, 1.54) is 11.8 Å². The smallest absolute Gasteiger partial charge is 0.263 e. The number of thioether (sulfide) groups is 1. The fraction of sp³-hybridized carbons (Fsp3) is 0.308. The van der Waals surface area contributed by atoms with Crippen LogP contribution in [-0.4, -0.2) is 38.4 Å². The van der Waals surface area contributed by atoms with Gasteiger partial charge in [0, 0.05) is 35.5 Å². The van der Waals surface area contributed by atoms with Crippen molar-refractivity contribution in [2.75, 3.05) is 13.1 Å². The molecule has 3 aromatic heterocycles. The number of nitrogens with zero attached hydrogens (tertiary/aromatic N) is 4. The maximum atomic E-state index is 13.5. The second-order valence-corrected chi connectivity index (χ2v) is 10.7. The summed E-state index contributed by atoms with van der Waals surface area (Å²) in [4.78, 5) is 39.2. The van der Waals surface area contributed by atoms with Gasteiger partial charge in [0.05, 0.1) is 17.6 Å². The molecule has 1 aromatic carbocycles. The van der Waals surface area contributed by atoms with Gasteiger partial charge < -0.3 is 4.90 Å². The van der Waals surface area contributed by atoms with Crippen molar-refractivity contribution in [2.24, 2.45) is 0 Å². The Kier molecular flexibility index (Phi) is 6.52. The molecule has 0 unspecified atom stereocenters. The Bertz CT molecular complexity index is 1390. The van der Waals surface area contributed by atoms with Gasteiger partial charge in [-0.3, -0.25) is 19.1 Å². The van der Waals surface area contributed by atoms with Gasteiger partial charge in [-0.2, -0.15) is 0 Å². The summed E-state index contributed by atoms with van der Waals surface area (Å²) >= 11 is 3.10. The van der Waals surface area contributed by atoms with Crippen molar-refractivity contribution in [3.05, 3.63) is 86.3 Å². The van der Waals surface area contributed by atoms with Crippen molar-refractivity contribution in [1.82, 2.24) is 19.4 Å². The number of rotatable bonds is 6. The number of carbonyl (C=O) groups excluding carboxylic acids is 1. The molecule has 1 saturated heterocycles. The predicted molar refractivity (Wildman–Crippen MR) is 138 cm³/mol. The van der Waals surface area contributed by atoms with Crippen LogP contribution >= 0.6 is 23.1 Å². The minimum atomic E-state index is -0.0217. The molecule has 4 heterocycles. The first-order chi connectivity index (χ1) is 16.5. The van der Waals surface area contributed by atoms with Crippen LogP contribution in [0.3, 0.4) is 0 Å². The molecule has 6 nitrogen and oxygen atoms in total. The van der Waals surface area contributed by atoms with E-state index in [9.17, 15) is 9.59 Å². The average Bonchev–Trinajstić information content (AvgIpc) is 3.49. The molecule has 4 aromatic rings. The Morgan fingerprint density at radius 2 is 1.85 bits per heavy atom. The van der Waals surface area contributed by atoms with Gasteiger partial charge in [0.1, 0.15) is 4.83 Å². The minimum Gasteiger partial charge on any atom is -0.339 e. The van der Waals surface area contributed by atoms with E-state index in [0.29, 0.717) is 22.8 Å². The molecule has 174 valence electrons. The number of hydrogen-bond donors (Lipinski definition) is 0. The van der Waals surface area contributed by atoms with Crippen LogP contribution in [0.5, 0.6) is 0 Å². The normalized spacial score (nSPS) is 13.6. The molecule has 1 fully saturated rings. The van der Waals surface area contributed by atoms with Crippen molar-refractivity contribution in [2.45, 2.75) is 44.1 Å². The molecular formula is C26H26N4O2S2. The number of fused-ring (bicyclic) bond motifs is 1. The summed E-state index contributed by atoms with van der Waals surface area (Å²) in [6, 6.07) is 13.5. The molecule has 5 rings (SSSR count). The van der Waals surface area contributed by atoms with E-state index in [1.807, 2.05) is 61.2 Å². The van der Waals surface area contributed by atoms with Gasteiger partial charge in [0.15, 0.2) is 5.16 Å². The zero-order valence-electron chi connectivity index (χ0n) is 19.3. The number of benzene rings is 1. The Morgan fingerprint density at radius 3 is 2.56 bits per heavy atom. The first-order valence-electron chi connectivity index (χ1n) is 11.4. The molecule has 0 aliphatic carbocycles. The van der Waals surface area contributed by atoms with Crippen LogP contribution in [0.25, 0.3) is 10.2 Å². The largest absolute Gasteiger partial charge is 0.339 e. The molecule has 1 aliphatic rings. The zero-order chi connectivity index (χ0) is 23.7. The number of likely N-dealkylation sites (tertiary alicyclic amines) is 1. The number of pyridine rings is 1. The van der Waals surface area contributed by atoms with E-state index < -0.39 is 0 Å². The van der Waals surface area contributed by atoms with Gasteiger partial charge in [-0.25, -0.2) is 4.98 Å². The third-order valence-corrected chi connectivity index (χ3v) is 8.41. The third kappa shape index (κ3) is 4.52. The molecule has 0 radical (unpaired) electrons. The Hall–Kier alpha value is -2.97. The SMILES string of the molecule is Cc1sc2nc(SCc3ccc(C(=O)N4CCCC4)cc3)n(Cc3ccccn3)c(=O)c2c1C. The topological polar surface area (TPSA) is 68.1 Å². The highest BCUT2D eigenvalue weighted by Crippen LogP contribution is 2.30. The summed E-state index contributed by atoms with van der Waals surface area (Å²) in [7, 11) is 0. The van der Waals surface area contributed by atoms with Crippen molar-refractivity contribution >= 4 is 39.2 Å². The Balaban J connectivity index is 1.42. The summed E-state index contributed by atoms with van der Waals surface area (Å²) in [6.07, 6.45) is 3.91. The Labute approximate surface area is 206 Å². The lowest BCUT2D eigenvalue weighted by atomic mass is 10.1. The highest BCUT2D eigenvalue weighted by molar-refractivity contribution is 7.98. The molecule has 0 saturated carbocycles. The first-order valence-corrected chi connectivity index (χ1v) is 13.2. The minimum absolute atomic E-state index is 0.0217. The fourth-order valence-corrected chi connectivity index (χ4v) is 6.23. The summed E-state index contributed by atoms with van der Waals surface area (Å²) in [5.74, 6) is 0.762. The van der Waals surface area contributed by atoms with E-state index >= 15 is 0 Å². The summed E-state index contributed by atoms with van der Waals surface area (Å²) < 4.78 is 1.74. The molecule has 0 atom stereocenters. The number of thiophene rings is 1. The van der Waals surface area contributed by atoms with Crippen LogP contribution < -0.4 is 5.56 Å². The lowest BCUT2D eigenvalue weighted by Crippen LogP contribution is -2.27. The monoisotopic (exact) mass is 490 g/mol. The van der Waals surface area contributed by atoms with Crippen LogP contribution in [0, 0.1) is 13.8 Å². The van der Waals surface area contributed by atoms with Crippen molar-refractivity contribution in [3.63, 3.8) is 0 Å². The van der Waals surface area contributed by atoms with E-state index in [-0.39, 0.29) is 11.5 Å². The van der Waals surface area contributed by atoms with Gasteiger partial charge in [-0.05, 0) is 62.1 Å². The van der Waals surface area contributed by atoms with E-state index in [0.717, 1.165) is 58.0 Å². The molecule has 34 heavy (non-hydrogen) atoms. The average molecular weight is 491 g/mol. The van der Waals surface area contributed by atoms with Crippen LogP contribution in [0.15, 0.2) is 58.6 Å². The third-order valence-electron chi connectivity index (χ3n) is 6.26. The van der Waals surface area contributed by atoms with Crippen molar-refractivity contribution < 1.29 is 4.79 Å². The van der Waals surface area contributed by atoms with Crippen LogP contribution in [0.4, 0.5) is 0 Å². The molecular weight excluding hydrogens is 464 g/mol. The Morgan fingerprint density at radius 1 is 1.09 bits per heavy atom. The van der Waals surface area contributed by atoms with Crippen LogP contribution in [-0.2, 0) is 12.3 Å². The molecule has 0 spiro atoms. The van der Waals surface area contributed by atoms with Gasteiger partial charge in [-0.15, -0.1) is 11.3 Å². The molecule has 0 bridgehead atoms. The molecule has 1 aliphatic heterocycles. The zero-order valence-corrected chi connectivity index (χ0v) is 20.9. The number of aromatic nitrogens is 3. The summed E-state index contributed by atoms with van der Waals surface area (Å²) in [5.41, 5.74) is 3.61. The molecule has 0 N–H and O–H groups in total. The van der Waals surface area contributed by atoms with E-state index in [2.05, 4.69) is 4.98 Å². The lowest BCUT2D eigenvalue weighted by molar-refractivity contribution is 0.0793. The van der Waals surface area contributed by atoms with Crippen LogP contribution in [0.2, 0.25) is 0 Å².